The van der Waals surface area contributed by atoms with E-state index in [4.69, 9.17) is 5.73 Å². The van der Waals surface area contributed by atoms with Crippen LogP contribution in [0.15, 0.2) is 42.6 Å². The summed E-state index contributed by atoms with van der Waals surface area (Å²) in [6.45, 7) is 0.00318. The van der Waals surface area contributed by atoms with Gasteiger partial charge in [0.2, 0.25) is 5.91 Å². The van der Waals surface area contributed by atoms with Gasteiger partial charge in [-0.2, -0.15) is 18.3 Å². The number of hydrogen-bond acceptors (Lipinski definition) is 3. The van der Waals surface area contributed by atoms with Crippen LogP contribution in [0.5, 0.6) is 0 Å². The van der Waals surface area contributed by atoms with Crippen LogP contribution >= 0.6 is 0 Å². The van der Waals surface area contributed by atoms with E-state index in [0.29, 0.717) is 5.69 Å². The van der Waals surface area contributed by atoms with Crippen molar-refractivity contribution in [1.82, 2.24) is 14.7 Å². The number of carbonyl (C=O) groups excluding carboxylic acids is 1. The summed E-state index contributed by atoms with van der Waals surface area (Å²) in [4.78, 5) is 12.9. The second-order valence-electron chi connectivity index (χ2n) is 5.94. The quantitative estimate of drug-likeness (QED) is 0.927. The molecule has 2 heterocycles. The van der Waals surface area contributed by atoms with Crippen molar-refractivity contribution in [2.24, 2.45) is 17.6 Å². The van der Waals surface area contributed by atoms with Gasteiger partial charge < -0.3 is 5.73 Å². The van der Waals surface area contributed by atoms with Crippen LogP contribution in [0.4, 0.5) is 13.2 Å². The van der Waals surface area contributed by atoms with Crippen LogP contribution < -0.4 is 5.73 Å². The van der Waals surface area contributed by atoms with E-state index in [1.807, 2.05) is 30.3 Å². The Morgan fingerprint density at radius 1 is 1.21 bits per heavy atom. The molecule has 24 heavy (non-hydrogen) atoms. The predicted octanol–water partition coefficient (Wildman–Crippen LogP) is 1.97. The average molecular weight is 338 g/mol. The molecule has 0 aliphatic carbocycles. The molecule has 128 valence electrons. The lowest BCUT2D eigenvalue weighted by Crippen LogP contribution is -2.37. The van der Waals surface area contributed by atoms with E-state index in [1.54, 1.807) is 21.8 Å². The van der Waals surface area contributed by atoms with E-state index < -0.39 is 23.9 Å². The first-order valence-corrected chi connectivity index (χ1v) is 7.53. The molecule has 3 rings (SSSR count). The highest BCUT2D eigenvalue weighted by Gasteiger charge is 2.51. The van der Waals surface area contributed by atoms with Crippen molar-refractivity contribution >= 4 is 5.91 Å². The molecule has 2 N–H and O–H groups in total. The number of rotatable bonds is 4. The molecule has 8 heteroatoms. The Morgan fingerprint density at radius 3 is 2.50 bits per heavy atom. The minimum atomic E-state index is -4.43. The minimum absolute atomic E-state index is 0.00227. The summed E-state index contributed by atoms with van der Waals surface area (Å²) in [7, 11) is 0. The number of amides is 1. The lowest BCUT2D eigenvalue weighted by atomic mass is 9.95. The molecular formula is C16H17F3N4O. The van der Waals surface area contributed by atoms with Crippen molar-refractivity contribution in [3.8, 4) is 5.69 Å². The molecule has 1 amide bonds. The van der Waals surface area contributed by atoms with Crippen LogP contribution in [0.25, 0.3) is 5.69 Å². The van der Waals surface area contributed by atoms with Crippen LogP contribution in [0, 0.1) is 11.8 Å². The molecule has 0 spiro atoms. The number of halogens is 3. The molecule has 2 aromatic rings. The third-order valence-electron chi connectivity index (χ3n) is 4.23. The van der Waals surface area contributed by atoms with Crippen LogP contribution in [-0.2, 0) is 11.3 Å². The van der Waals surface area contributed by atoms with E-state index in [0.717, 1.165) is 5.69 Å². The average Bonchev–Trinajstić information content (AvgIpc) is 3.15. The van der Waals surface area contributed by atoms with Gasteiger partial charge in [-0.1, -0.05) is 18.2 Å². The third kappa shape index (κ3) is 3.43. The standard InChI is InChI=1S/C16H17F3N4O/c17-16(18,19)14-10-22(9-13(14)15(20)24)8-11-6-7-23(21-11)12-4-2-1-3-5-12/h1-7,13-14H,8-10H2,(H2,20,24)/t13-,14-/m1/s1. The Balaban J connectivity index is 1.71. The highest BCUT2D eigenvalue weighted by Crippen LogP contribution is 2.37. The topological polar surface area (TPSA) is 64.2 Å². The largest absolute Gasteiger partial charge is 0.393 e. The maximum Gasteiger partial charge on any atom is 0.393 e. The highest BCUT2D eigenvalue weighted by atomic mass is 19.4. The van der Waals surface area contributed by atoms with Gasteiger partial charge in [-0.3, -0.25) is 9.69 Å². The van der Waals surface area contributed by atoms with Gasteiger partial charge in [0, 0.05) is 25.8 Å². The molecule has 5 nitrogen and oxygen atoms in total. The Bertz CT molecular complexity index is 714. The van der Waals surface area contributed by atoms with Crippen LogP contribution in [0.3, 0.4) is 0 Å². The Morgan fingerprint density at radius 2 is 1.92 bits per heavy atom. The van der Waals surface area contributed by atoms with Crippen molar-refractivity contribution in [2.75, 3.05) is 13.1 Å². The molecule has 1 fully saturated rings. The monoisotopic (exact) mass is 338 g/mol. The summed E-state index contributed by atoms with van der Waals surface area (Å²) in [6, 6.07) is 11.2. The SMILES string of the molecule is NC(=O)[C@@H]1CN(Cc2ccn(-c3ccccc3)n2)C[C@H]1C(F)(F)F. The predicted molar refractivity (Wildman–Crippen MR) is 81.1 cm³/mol. The van der Waals surface area contributed by atoms with E-state index in [2.05, 4.69) is 5.10 Å². The molecule has 0 saturated carbocycles. The molecule has 0 bridgehead atoms. The van der Waals surface area contributed by atoms with E-state index in [-0.39, 0.29) is 19.6 Å². The Hall–Kier alpha value is -2.35. The second-order valence-corrected chi connectivity index (χ2v) is 5.94. The van der Waals surface area contributed by atoms with Gasteiger partial charge in [-0.25, -0.2) is 4.68 Å². The maximum absolute atomic E-state index is 13.1. The first-order chi connectivity index (χ1) is 11.3. The summed E-state index contributed by atoms with van der Waals surface area (Å²) in [5.74, 6) is -3.83. The lowest BCUT2D eigenvalue weighted by Gasteiger charge is -2.18. The van der Waals surface area contributed by atoms with E-state index >= 15 is 0 Å². The molecule has 1 aromatic carbocycles. The maximum atomic E-state index is 13.1. The number of hydrogen-bond donors (Lipinski definition) is 1. The number of aromatic nitrogens is 2. The zero-order valence-corrected chi connectivity index (χ0v) is 12.8. The second kappa shape index (κ2) is 6.27. The van der Waals surface area contributed by atoms with Gasteiger partial charge in [-0.05, 0) is 18.2 Å². The number of para-hydroxylation sites is 1. The Labute approximate surface area is 136 Å². The number of carbonyl (C=O) groups is 1. The summed E-state index contributed by atoms with van der Waals surface area (Å²) in [5.41, 5.74) is 6.65. The van der Waals surface area contributed by atoms with Gasteiger partial charge in [0.25, 0.3) is 0 Å². The van der Waals surface area contributed by atoms with Crippen molar-refractivity contribution in [3.63, 3.8) is 0 Å². The molecule has 1 aliphatic heterocycles. The summed E-state index contributed by atoms with van der Waals surface area (Å²) >= 11 is 0. The number of primary amides is 1. The van der Waals surface area contributed by atoms with Crippen LogP contribution in [-0.4, -0.2) is 39.9 Å². The molecular weight excluding hydrogens is 321 g/mol. The fourth-order valence-electron chi connectivity index (χ4n) is 3.03. The number of likely N-dealkylation sites (tertiary alicyclic amines) is 1. The number of nitrogens with zero attached hydrogens (tertiary/aromatic N) is 3. The number of alkyl halides is 3. The Kier molecular flexibility index (Phi) is 4.31. The fraction of sp³-hybridized carbons (Fsp3) is 0.375. The first-order valence-electron chi connectivity index (χ1n) is 7.53. The third-order valence-corrected chi connectivity index (χ3v) is 4.23. The van der Waals surface area contributed by atoms with Crippen molar-refractivity contribution in [1.29, 1.82) is 0 Å². The summed E-state index contributed by atoms with van der Waals surface area (Å²) in [5, 5.41) is 4.38. The normalized spacial score (nSPS) is 22.0. The fourth-order valence-corrected chi connectivity index (χ4v) is 3.03. The van der Waals surface area contributed by atoms with Gasteiger partial charge in [0.15, 0.2) is 0 Å². The summed E-state index contributed by atoms with van der Waals surface area (Å²) in [6.07, 6.45) is -2.68. The smallest absolute Gasteiger partial charge is 0.369 e. The molecule has 2 atom stereocenters. The molecule has 1 aliphatic rings. The molecule has 0 unspecified atom stereocenters. The van der Waals surface area contributed by atoms with Gasteiger partial charge in [-0.15, -0.1) is 0 Å². The van der Waals surface area contributed by atoms with E-state index in [9.17, 15) is 18.0 Å². The van der Waals surface area contributed by atoms with Gasteiger partial charge in [0.1, 0.15) is 0 Å². The highest BCUT2D eigenvalue weighted by molar-refractivity contribution is 5.77. The van der Waals surface area contributed by atoms with Crippen molar-refractivity contribution in [2.45, 2.75) is 12.7 Å². The van der Waals surface area contributed by atoms with Crippen molar-refractivity contribution in [3.05, 3.63) is 48.3 Å². The molecule has 0 radical (unpaired) electrons. The van der Waals surface area contributed by atoms with Crippen LogP contribution in [0.2, 0.25) is 0 Å². The molecule has 1 aromatic heterocycles. The molecule has 1 saturated heterocycles. The van der Waals surface area contributed by atoms with Gasteiger partial charge >= 0.3 is 6.18 Å². The van der Waals surface area contributed by atoms with Crippen molar-refractivity contribution < 1.29 is 18.0 Å². The first kappa shape index (κ1) is 16.5. The van der Waals surface area contributed by atoms with Gasteiger partial charge in [0.05, 0.1) is 23.2 Å². The number of benzene rings is 1. The summed E-state index contributed by atoms with van der Waals surface area (Å²) < 4.78 is 40.8. The lowest BCUT2D eigenvalue weighted by molar-refractivity contribution is -0.182. The zero-order valence-electron chi connectivity index (χ0n) is 12.8. The minimum Gasteiger partial charge on any atom is -0.369 e. The van der Waals surface area contributed by atoms with E-state index in [1.165, 1.54) is 0 Å². The zero-order chi connectivity index (χ0) is 17.3. The number of nitrogens with two attached hydrogens (primary N) is 1. The van der Waals surface area contributed by atoms with Crippen LogP contribution in [0.1, 0.15) is 5.69 Å².